The van der Waals surface area contributed by atoms with E-state index in [9.17, 15) is 0 Å². The molecule has 10 heteroatoms. The highest BCUT2D eigenvalue weighted by Crippen LogP contribution is 2.39. The topological polar surface area (TPSA) is 80.4 Å². The number of benzene rings is 4. The van der Waals surface area contributed by atoms with Crippen molar-refractivity contribution in [3.05, 3.63) is 71.8 Å². The quantitative estimate of drug-likeness (QED) is 0.0592. The summed E-state index contributed by atoms with van der Waals surface area (Å²) >= 11 is 0. The zero-order valence-electron chi connectivity index (χ0n) is 27.8. The molecule has 0 N–H and O–H groups in total. The lowest BCUT2D eigenvalue weighted by atomic mass is 9.93. The van der Waals surface area contributed by atoms with E-state index in [2.05, 4.69) is 68.4 Å². The summed E-state index contributed by atoms with van der Waals surface area (Å²) in [7, 11) is -0.949. The third-order valence-electron chi connectivity index (χ3n) is 8.44. The molecule has 4 aromatic carbocycles. The Bertz CT molecular complexity index is 1590. The Kier molecular flexibility index (Phi) is 12.4. The maximum atomic E-state index is 6.54. The Balaban J connectivity index is 1.33. The first kappa shape index (κ1) is 33.8. The highest BCUT2D eigenvalue weighted by Gasteiger charge is 2.25. The van der Waals surface area contributed by atoms with E-state index >= 15 is 0 Å². The van der Waals surface area contributed by atoms with E-state index in [1.165, 1.54) is 0 Å². The van der Waals surface area contributed by atoms with Crippen molar-refractivity contribution < 1.29 is 37.3 Å². The fourth-order valence-corrected chi connectivity index (χ4v) is 7.45. The first-order valence-electron chi connectivity index (χ1n) is 17.2. The molecule has 2 aliphatic heterocycles. The average molecular weight is 677 g/mol. The first-order valence-corrected chi connectivity index (χ1v) is 20.4. The van der Waals surface area contributed by atoms with Crippen molar-refractivity contribution in [2.75, 3.05) is 52.9 Å². The van der Waals surface area contributed by atoms with Crippen LogP contribution in [0.1, 0.15) is 37.8 Å². The zero-order valence-corrected chi connectivity index (χ0v) is 30.6. The van der Waals surface area contributed by atoms with Gasteiger partial charge in [-0.05, 0) is 96.7 Å². The van der Waals surface area contributed by atoms with Crippen LogP contribution in [-0.2, 0) is 24.7 Å². The van der Waals surface area contributed by atoms with Gasteiger partial charge in [0.1, 0.15) is 48.4 Å². The molecule has 4 aromatic rings. The Morgan fingerprint density at radius 3 is 1.66 bits per heavy atom. The van der Waals surface area contributed by atoms with Gasteiger partial charge in [0.25, 0.3) is 0 Å². The summed E-state index contributed by atoms with van der Waals surface area (Å²) in [5, 5.41) is 4.51. The monoisotopic (exact) mass is 676 g/mol. The van der Waals surface area contributed by atoms with Crippen LogP contribution < -0.4 is 18.9 Å². The normalized spacial score (nSPS) is 17.3. The first-order chi connectivity index (χ1) is 23.2. The molecule has 0 aromatic heterocycles. The summed E-state index contributed by atoms with van der Waals surface area (Å²) in [6.07, 6.45) is 2.95. The molecule has 47 heavy (non-hydrogen) atoms. The van der Waals surface area contributed by atoms with Crippen LogP contribution >= 0.6 is 0 Å². The molecule has 2 heterocycles. The third kappa shape index (κ3) is 9.94. The maximum Gasteiger partial charge on any atom is 0.161 e. The molecule has 8 nitrogen and oxygen atoms in total. The van der Waals surface area contributed by atoms with Crippen LogP contribution in [0.15, 0.2) is 60.7 Å². The molecule has 2 saturated heterocycles. The van der Waals surface area contributed by atoms with Crippen LogP contribution in [0.25, 0.3) is 21.5 Å². The van der Waals surface area contributed by atoms with E-state index in [0.29, 0.717) is 32.8 Å². The predicted molar refractivity (Wildman–Crippen MR) is 191 cm³/mol. The molecule has 2 unspecified atom stereocenters. The summed E-state index contributed by atoms with van der Waals surface area (Å²) < 4.78 is 47.5. The van der Waals surface area contributed by atoms with E-state index in [4.69, 9.17) is 37.3 Å². The van der Waals surface area contributed by atoms with Gasteiger partial charge in [-0.25, -0.2) is 0 Å². The van der Waals surface area contributed by atoms with Crippen LogP contribution in [0.4, 0.5) is 0 Å². The fourth-order valence-electron chi connectivity index (χ4n) is 5.65. The summed E-state index contributed by atoms with van der Waals surface area (Å²) in [4.78, 5) is 0. The van der Waals surface area contributed by atoms with Crippen molar-refractivity contribution in [1.82, 2.24) is 0 Å². The smallest absolute Gasteiger partial charge is 0.161 e. The van der Waals surface area contributed by atoms with Crippen molar-refractivity contribution in [2.24, 2.45) is 0 Å². The van der Waals surface area contributed by atoms with Crippen molar-refractivity contribution >= 4 is 41.1 Å². The van der Waals surface area contributed by atoms with Gasteiger partial charge >= 0.3 is 0 Å². The fraction of sp³-hybridized carbons (Fsp3) is 0.459. The minimum absolute atomic E-state index is 0.153. The van der Waals surface area contributed by atoms with Gasteiger partial charge in [-0.15, -0.1) is 0 Å². The molecule has 6 rings (SSSR count). The maximum absolute atomic E-state index is 6.54. The minimum atomic E-state index is -0.495. The predicted octanol–water partition coefficient (Wildman–Crippen LogP) is 5.75. The van der Waals surface area contributed by atoms with E-state index < -0.39 is 19.5 Å². The molecule has 0 spiro atoms. The van der Waals surface area contributed by atoms with Crippen LogP contribution in [0.5, 0.6) is 23.0 Å². The van der Waals surface area contributed by atoms with Crippen molar-refractivity contribution in [3.63, 3.8) is 0 Å². The molecule has 0 radical (unpaired) electrons. The van der Waals surface area contributed by atoms with Crippen molar-refractivity contribution in [2.45, 2.75) is 57.4 Å². The number of hydrogen-bond acceptors (Lipinski definition) is 8. The van der Waals surface area contributed by atoms with Crippen LogP contribution in [-0.4, -0.2) is 84.6 Å². The van der Waals surface area contributed by atoms with Crippen LogP contribution in [0.3, 0.4) is 0 Å². The Hall–Kier alpha value is -3.13. The summed E-state index contributed by atoms with van der Waals surface area (Å²) in [6, 6.07) is 23.4. The van der Waals surface area contributed by atoms with Gasteiger partial charge in [0, 0.05) is 30.8 Å². The largest absolute Gasteiger partial charge is 0.494 e. The number of rotatable bonds is 22. The van der Waals surface area contributed by atoms with E-state index in [1.54, 1.807) is 0 Å². The number of hydrogen-bond donors (Lipinski definition) is 0. The van der Waals surface area contributed by atoms with E-state index in [1.807, 2.05) is 6.07 Å². The van der Waals surface area contributed by atoms with Crippen molar-refractivity contribution in [1.29, 1.82) is 0 Å². The molecular formula is C37H48O8Si2. The summed E-state index contributed by atoms with van der Waals surface area (Å²) in [5.41, 5.74) is 2.22. The Labute approximate surface area is 282 Å². The van der Waals surface area contributed by atoms with Crippen LogP contribution in [0.2, 0.25) is 12.1 Å². The van der Waals surface area contributed by atoms with E-state index in [0.717, 1.165) is 107 Å². The molecule has 0 amide bonds. The zero-order chi connectivity index (χ0) is 32.3. The molecule has 0 saturated carbocycles. The number of fused-ring (bicyclic) bond motifs is 2. The molecule has 2 atom stereocenters. The lowest BCUT2D eigenvalue weighted by Gasteiger charge is -2.19. The molecule has 2 aliphatic rings. The second-order valence-electron chi connectivity index (χ2n) is 12.1. The molecule has 0 bridgehead atoms. The van der Waals surface area contributed by atoms with Gasteiger partial charge in [0.05, 0.1) is 26.4 Å². The van der Waals surface area contributed by atoms with Gasteiger partial charge in [-0.1, -0.05) is 24.3 Å². The van der Waals surface area contributed by atoms with Gasteiger partial charge in [0.15, 0.2) is 19.5 Å². The number of ether oxygens (including phenoxy) is 6. The van der Waals surface area contributed by atoms with Crippen molar-refractivity contribution in [3.8, 4) is 23.0 Å². The van der Waals surface area contributed by atoms with Gasteiger partial charge in [-0.2, -0.15) is 0 Å². The molecule has 252 valence electrons. The average Bonchev–Trinajstić information content (AvgIpc) is 4.03. The molecule has 2 fully saturated rings. The highest BCUT2D eigenvalue weighted by atomic mass is 28.2. The highest BCUT2D eigenvalue weighted by molar-refractivity contribution is 6.27. The van der Waals surface area contributed by atoms with Gasteiger partial charge in [0.2, 0.25) is 0 Å². The SMILES string of the molecule is CCO[SiH2]CCCOc1ccc2ccc(OCC3CO3)c(Cc3c(OCCC[SiH2]OCC)ccc4ccc(OCC5CO5)cc34)c2c1. The third-order valence-corrected chi connectivity index (χ3v) is 11.4. The standard InChI is InChI=1S/C37H48O8Si2/c1-3-44-46-17-5-15-38-28-11-7-26-10-14-37(43-25-31-24-42-31)35(32(26)19-28)21-34-33-20-29(40-22-30-23-41-30)12-8-27(33)9-13-36(34)39-16-6-18-47-45-4-2/h7-14,19-20,30-31H,3-6,15-18,21-25,46-47H2,1-2H3. The van der Waals surface area contributed by atoms with Crippen LogP contribution in [0, 0.1) is 0 Å². The lowest BCUT2D eigenvalue weighted by Crippen LogP contribution is -2.08. The Morgan fingerprint density at radius 2 is 1.11 bits per heavy atom. The number of epoxide rings is 2. The van der Waals surface area contributed by atoms with Gasteiger partial charge < -0.3 is 37.3 Å². The lowest BCUT2D eigenvalue weighted by molar-refractivity contribution is 0.261. The molecular weight excluding hydrogens is 629 g/mol. The summed E-state index contributed by atoms with van der Waals surface area (Å²) in [5.74, 6) is 3.44. The molecule has 0 aliphatic carbocycles. The Morgan fingerprint density at radius 1 is 0.617 bits per heavy atom. The van der Waals surface area contributed by atoms with E-state index in [-0.39, 0.29) is 12.2 Å². The second-order valence-corrected chi connectivity index (χ2v) is 15.1. The summed E-state index contributed by atoms with van der Waals surface area (Å²) in [6.45, 7) is 9.64. The minimum Gasteiger partial charge on any atom is -0.494 e. The second kappa shape index (κ2) is 17.3. The van der Waals surface area contributed by atoms with Gasteiger partial charge in [-0.3, -0.25) is 0 Å².